The van der Waals surface area contributed by atoms with Crippen LogP contribution in [0.1, 0.15) is 115 Å². The Kier molecular flexibility index (Phi) is 8.63. The molecule has 1 atom stereocenters. The lowest BCUT2D eigenvalue weighted by molar-refractivity contribution is 0.147. The van der Waals surface area contributed by atoms with Crippen molar-refractivity contribution in [3.05, 3.63) is 41.2 Å². The molecule has 162 valence electrons. The highest BCUT2D eigenvalue weighted by Crippen LogP contribution is 2.46. The normalized spacial score (nSPS) is 20.2. The molecule has 0 N–H and O–H groups in total. The fourth-order valence-electron chi connectivity index (χ4n) is 5.77. The Hall–Kier alpha value is -1.31. The summed E-state index contributed by atoms with van der Waals surface area (Å²) in [7, 11) is 0. The number of benzene rings is 1. The maximum absolute atomic E-state index is 14.6. The number of hydrogen-bond acceptors (Lipinski definition) is 1. The van der Waals surface area contributed by atoms with Gasteiger partial charge in [0, 0.05) is 0 Å². The van der Waals surface area contributed by atoms with Crippen LogP contribution in [0, 0.1) is 11.2 Å². The van der Waals surface area contributed by atoms with Gasteiger partial charge in [-0.25, -0.2) is 4.39 Å². The van der Waals surface area contributed by atoms with Crippen LogP contribution in [0.15, 0.2) is 29.8 Å². The summed E-state index contributed by atoms with van der Waals surface area (Å²) in [4.78, 5) is 0. The number of halogens is 1. The van der Waals surface area contributed by atoms with Crippen molar-refractivity contribution in [2.75, 3.05) is 6.61 Å². The molecule has 1 fully saturated rings. The zero-order chi connectivity index (χ0) is 20.5. The fraction of sp³-hybridized carbons (Fsp3) is 0.704. The summed E-state index contributed by atoms with van der Waals surface area (Å²) in [6, 6.07) is 5.72. The highest BCUT2D eigenvalue weighted by Gasteiger charge is 2.32. The van der Waals surface area contributed by atoms with Gasteiger partial charge in [0.2, 0.25) is 0 Å². The van der Waals surface area contributed by atoms with Crippen molar-refractivity contribution < 1.29 is 9.13 Å². The summed E-state index contributed by atoms with van der Waals surface area (Å²) >= 11 is 0. The molecule has 0 aromatic heterocycles. The lowest BCUT2D eigenvalue weighted by Gasteiger charge is -2.38. The van der Waals surface area contributed by atoms with Crippen molar-refractivity contribution in [2.24, 2.45) is 5.41 Å². The van der Waals surface area contributed by atoms with Crippen molar-refractivity contribution in [1.29, 1.82) is 0 Å². The largest absolute Gasteiger partial charge is 0.491 e. The van der Waals surface area contributed by atoms with E-state index in [9.17, 15) is 4.39 Å². The van der Waals surface area contributed by atoms with Crippen molar-refractivity contribution >= 4 is 0 Å². The van der Waals surface area contributed by atoms with E-state index in [-0.39, 0.29) is 5.82 Å². The van der Waals surface area contributed by atoms with Gasteiger partial charge in [-0.1, -0.05) is 50.3 Å². The lowest BCUT2D eigenvalue weighted by Crippen LogP contribution is -2.25. The molecule has 0 radical (unpaired) electrons. The third-order valence-corrected chi connectivity index (χ3v) is 7.34. The molecular weight excluding hydrogens is 359 g/mol. The zero-order valence-corrected chi connectivity index (χ0v) is 18.8. The summed E-state index contributed by atoms with van der Waals surface area (Å²) < 4.78 is 20.1. The monoisotopic (exact) mass is 400 g/mol. The summed E-state index contributed by atoms with van der Waals surface area (Å²) in [5.41, 5.74) is 3.30. The van der Waals surface area contributed by atoms with Gasteiger partial charge in [0.05, 0.1) is 6.61 Å². The molecule has 0 bridgehead atoms. The first-order valence-electron chi connectivity index (χ1n) is 12.3. The standard InChI is InChI=1S/C27H41FO/c1-3-16-27(17-9-6-10-18-27)19-15-24(20-22-11-7-5-8-12-22)23-13-14-26(29-4-2)25(28)21-23/h11,13-14,21,24H,3-10,12,15-20H2,1-2H3. The molecule has 3 rings (SSSR count). The van der Waals surface area contributed by atoms with E-state index >= 15 is 0 Å². The smallest absolute Gasteiger partial charge is 0.165 e. The molecular formula is C27H41FO. The van der Waals surface area contributed by atoms with Crippen LogP contribution in [0.5, 0.6) is 5.75 Å². The molecule has 0 aliphatic heterocycles. The topological polar surface area (TPSA) is 9.23 Å². The Labute approximate surface area is 178 Å². The Morgan fingerprint density at radius 2 is 1.86 bits per heavy atom. The highest BCUT2D eigenvalue weighted by molar-refractivity contribution is 5.32. The minimum Gasteiger partial charge on any atom is -0.491 e. The van der Waals surface area contributed by atoms with Crippen LogP contribution in [-0.2, 0) is 0 Å². The van der Waals surface area contributed by atoms with Gasteiger partial charge in [-0.2, -0.15) is 0 Å². The molecule has 29 heavy (non-hydrogen) atoms. The first-order chi connectivity index (χ1) is 14.2. The van der Waals surface area contributed by atoms with Gasteiger partial charge in [-0.15, -0.1) is 0 Å². The van der Waals surface area contributed by atoms with Crippen LogP contribution >= 0.6 is 0 Å². The average molecular weight is 401 g/mol. The molecule has 1 nitrogen and oxygen atoms in total. The zero-order valence-electron chi connectivity index (χ0n) is 18.8. The Bertz CT molecular complexity index is 651. The van der Waals surface area contributed by atoms with Gasteiger partial charge < -0.3 is 4.74 Å². The number of ether oxygens (including phenoxy) is 1. The Balaban J connectivity index is 1.77. The molecule has 0 spiro atoms. The SMILES string of the molecule is CCCC1(CCC(CC2=CCCCC2)c2ccc(OCC)c(F)c2)CCCCC1. The quantitative estimate of drug-likeness (QED) is 0.357. The van der Waals surface area contributed by atoms with E-state index < -0.39 is 0 Å². The van der Waals surface area contributed by atoms with Gasteiger partial charge in [0.25, 0.3) is 0 Å². The van der Waals surface area contributed by atoms with Crippen LogP contribution in [0.3, 0.4) is 0 Å². The average Bonchev–Trinajstić information content (AvgIpc) is 2.74. The third kappa shape index (κ3) is 6.33. The predicted octanol–water partition coefficient (Wildman–Crippen LogP) is 8.73. The minimum absolute atomic E-state index is 0.201. The molecule has 0 saturated heterocycles. The van der Waals surface area contributed by atoms with Crippen LogP contribution in [0.4, 0.5) is 4.39 Å². The van der Waals surface area contributed by atoms with Crippen LogP contribution < -0.4 is 4.74 Å². The van der Waals surface area contributed by atoms with E-state index in [1.54, 1.807) is 11.6 Å². The molecule has 1 unspecified atom stereocenters. The molecule has 1 saturated carbocycles. The molecule has 2 aliphatic rings. The Morgan fingerprint density at radius 3 is 2.52 bits per heavy atom. The van der Waals surface area contributed by atoms with E-state index in [1.807, 2.05) is 13.0 Å². The number of rotatable bonds is 10. The van der Waals surface area contributed by atoms with Gasteiger partial charge >= 0.3 is 0 Å². The van der Waals surface area contributed by atoms with Crippen molar-refractivity contribution in [3.8, 4) is 5.75 Å². The summed E-state index contributed by atoms with van der Waals surface area (Å²) in [5.74, 6) is 0.620. The predicted molar refractivity (Wildman–Crippen MR) is 121 cm³/mol. The molecule has 2 heteroatoms. The van der Waals surface area contributed by atoms with Gasteiger partial charge in [0.15, 0.2) is 11.6 Å². The summed E-state index contributed by atoms with van der Waals surface area (Å²) in [6.07, 6.45) is 20.8. The van der Waals surface area contributed by atoms with E-state index in [4.69, 9.17) is 4.74 Å². The second kappa shape index (κ2) is 11.2. The fourth-order valence-corrected chi connectivity index (χ4v) is 5.77. The molecule has 1 aromatic carbocycles. The van der Waals surface area contributed by atoms with Crippen molar-refractivity contribution in [3.63, 3.8) is 0 Å². The first-order valence-corrected chi connectivity index (χ1v) is 12.3. The first kappa shape index (κ1) is 22.4. The van der Waals surface area contributed by atoms with Gasteiger partial charge in [0.1, 0.15) is 0 Å². The lowest BCUT2D eigenvalue weighted by atomic mass is 9.67. The van der Waals surface area contributed by atoms with E-state index in [2.05, 4.69) is 19.1 Å². The second-order valence-electron chi connectivity index (χ2n) is 9.48. The van der Waals surface area contributed by atoms with Gasteiger partial charge in [-0.05, 0) is 100 Å². The molecule has 0 heterocycles. The number of hydrogen-bond donors (Lipinski definition) is 0. The van der Waals surface area contributed by atoms with E-state index in [0.29, 0.717) is 23.7 Å². The Morgan fingerprint density at radius 1 is 1.03 bits per heavy atom. The second-order valence-corrected chi connectivity index (χ2v) is 9.48. The number of allylic oxidation sites excluding steroid dienone is 2. The molecule has 0 amide bonds. The van der Waals surface area contributed by atoms with Crippen LogP contribution in [0.2, 0.25) is 0 Å². The molecule has 2 aliphatic carbocycles. The van der Waals surface area contributed by atoms with Crippen molar-refractivity contribution in [1.82, 2.24) is 0 Å². The summed E-state index contributed by atoms with van der Waals surface area (Å²) in [5, 5.41) is 0. The molecule has 1 aromatic rings. The van der Waals surface area contributed by atoms with E-state index in [1.165, 1.54) is 89.0 Å². The summed E-state index contributed by atoms with van der Waals surface area (Å²) in [6.45, 7) is 4.75. The maximum Gasteiger partial charge on any atom is 0.165 e. The van der Waals surface area contributed by atoms with E-state index in [0.717, 1.165) is 6.42 Å². The maximum atomic E-state index is 14.6. The minimum atomic E-state index is -0.201. The van der Waals surface area contributed by atoms with Gasteiger partial charge in [-0.3, -0.25) is 0 Å². The van der Waals surface area contributed by atoms with Crippen LogP contribution in [0.25, 0.3) is 0 Å². The van der Waals surface area contributed by atoms with Crippen molar-refractivity contribution in [2.45, 2.75) is 110 Å². The highest BCUT2D eigenvalue weighted by atomic mass is 19.1. The van der Waals surface area contributed by atoms with Crippen LogP contribution in [-0.4, -0.2) is 6.61 Å². The third-order valence-electron chi connectivity index (χ3n) is 7.34.